The third kappa shape index (κ3) is 6.77. The summed E-state index contributed by atoms with van der Waals surface area (Å²) in [5.74, 6) is 7.14. The maximum absolute atomic E-state index is 4.74. The van der Waals surface area contributed by atoms with Crippen molar-refractivity contribution in [3.8, 4) is 33.6 Å². The second-order valence-corrected chi connectivity index (χ2v) is 23.9. The Morgan fingerprint density at radius 3 is 2.09 bits per heavy atom. The van der Waals surface area contributed by atoms with Crippen LogP contribution in [0.4, 0.5) is 0 Å². The summed E-state index contributed by atoms with van der Waals surface area (Å²) in [5.41, 5.74) is 6.63. The zero-order valence-corrected chi connectivity index (χ0v) is 31.2. The fourth-order valence-electron chi connectivity index (χ4n) is 5.51. The maximum atomic E-state index is 4.74. The molecule has 5 aromatic carbocycles. The van der Waals surface area contributed by atoms with E-state index in [4.69, 9.17) is 4.98 Å². The molecule has 0 amide bonds. The fourth-order valence-corrected chi connectivity index (χ4v) is 8.93. The molecule has 0 unspecified atom stereocenters. The van der Waals surface area contributed by atoms with Crippen molar-refractivity contribution >= 4 is 59.9 Å². The first-order valence-electron chi connectivity index (χ1n) is 15.2. The summed E-state index contributed by atoms with van der Waals surface area (Å²) in [4.78, 5) is 9.27. The van der Waals surface area contributed by atoms with Crippen molar-refractivity contribution in [2.45, 2.75) is 17.3 Å². The molecular weight excluding hydrogens is 817 g/mol. The van der Waals surface area contributed by atoms with E-state index in [2.05, 4.69) is 125 Å². The van der Waals surface area contributed by atoms with Crippen LogP contribution in [0.25, 0.3) is 64.6 Å². The third-order valence-corrected chi connectivity index (χ3v) is 13.5. The van der Waals surface area contributed by atoms with Crippen molar-refractivity contribution < 1.29 is 20.1 Å². The van der Waals surface area contributed by atoms with Gasteiger partial charge >= 0.3 is 99.8 Å². The molecule has 0 bridgehead atoms. The molecule has 0 saturated heterocycles. The van der Waals surface area contributed by atoms with E-state index in [1.54, 1.807) is 0 Å². The molecule has 0 N–H and O–H groups in total. The van der Waals surface area contributed by atoms with Gasteiger partial charge in [0.2, 0.25) is 0 Å². The number of rotatable bonds is 4. The van der Waals surface area contributed by atoms with Gasteiger partial charge in [0, 0.05) is 31.0 Å². The van der Waals surface area contributed by atoms with Crippen LogP contribution in [0.2, 0.25) is 17.3 Å². The molecule has 0 fully saturated rings. The Labute approximate surface area is 290 Å². The van der Waals surface area contributed by atoms with Gasteiger partial charge in [-0.2, -0.15) is 11.3 Å². The predicted molar refractivity (Wildman–Crippen MR) is 196 cm³/mol. The molecule has 0 aliphatic carbocycles. The van der Waals surface area contributed by atoms with E-state index in [0.29, 0.717) is 0 Å². The molecule has 8 aromatic rings. The summed E-state index contributed by atoms with van der Waals surface area (Å²) in [6.45, 7) is 0. The summed E-state index contributed by atoms with van der Waals surface area (Å²) in [7, 11) is 0. The topological polar surface area (TPSA) is 25.8 Å². The summed E-state index contributed by atoms with van der Waals surface area (Å²) >= 11 is 0.110. The standard InChI is InChI=1S/C27H16NS.C14H16GeN.Ir/c1-2-7-18(8-3-1)20-13-14-22-23-11-6-12-24(27(23)29-26(22)16-20)25-15-19-9-4-5-10-21(19)17-28-25;1-15(2,3)13-9-10-14(16-11-13)12-7-5-4-6-8-12;/h1-11,13-17H;4-7,9-11H,1-3H3;/q2*-1;. The normalized spacial score (nSPS) is 11.2. The van der Waals surface area contributed by atoms with Gasteiger partial charge in [-0.05, 0) is 43.7 Å². The van der Waals surface area contributed by atoms with E-state index in [-0.39, 0.29) is 20.1 Å². The Morgan fingerprint density at radius 2 is 1.35 bits per heavy atom. The molecule has 3 heterocycles. The van der Waals surface area contributed by atoms with Crippen LogP contribution in [0.5, 0.6) is 0 Å². The minimum atomic E-state index is -1.72. The second kappa shape index (κ2) is 13.8. The van der Waals surface area contributed by atoms with Gasteiger partial charge in [-0.25, -0.2) is 0 Å². The zero-order chi connectivity index (χ0) is 30.8. The summed E-state index contributed by atoms with van der Waals surface area (Å²) < 4.78 is 3.98. The number of pyridine rings is 2. The monoisotopic (exact) mass is 851 g/mol. The zero-order valence-electron chi connectivity index (χ0n) is 25.9. The van der Waals surface area contributed by atoms with Gasteiger partial charge in [0.05, 0.1) is 0 Å². The van der Waals surface area contributed by atoms with Crippen LogP contribution in [-0.4, -0.2) is 23.2 Å². The molecular formula is C41H32GeIrN2S-2. The average Bonchev–Trinajstić information content (AvgIpc) is 3.47. The molecule has 8 rings (SSSR count). The van der Waals surface area contributed by atoms with Gasteiger partial charge in [0.25, 0.3) is 0 Å². The van der Waals surface area contributed by atoms with Crippen molar-refractivity contribution in [3.05, 3.63) is 152 Å². The first kappa shape index (κ1) is 32.0. The first-order valence-corrected chi connectivity index (χ1v) is 23.3. The van der Waals surface area contributed by atoms with E-state index < -0.39 is 13.3 Å². The molecule has 0 aliphatic rings. The Morgan fingerprint density at radius 1 is 0.587 bits per heavy atom. The number of nitrogens with zero attached hydrogens (tertiary/aromatic N) is 2. The summed E-state index contributed by atoms with van der Waals surface area (Å²) in [6.07, 6.45) is 3.99. The third-order valence-electron chi connectivity index (χ3n) is 8.04. The Kier molecular flexibility index (Phi) is 9.63. The van der Waals surface area contributed by atoms with Crippen LogP contribution in [0.15, 0.2) is 140 Å². The molecule has 3 aromatic heterocycles. The Balaban J connectivity index is 0.000000187. The molecule has 0 spiro atoms. The smallest absolute Gasteiger partial charge is 0.0245 e. The van der Waals surface area contributed by atoms with Crippen molar-refractivity contribution in [1.82, 2.24) is 9.97 Å². The predicted octanol–water partition coefficient (Wildman–Crippen LogP) is 10.8. The van der Waals surface area contributed by atoms with Crippen LogP contribution in [0.1, 0.15) is 0 Å². The number of hydrogen-bond donors (Lipinski definition) is 0. The fraction of sp³-hybridized carbons (Fsp3) is 0.0732. The van der Waals surface area contributed by atoms with Crippen LogP contribution in [-0.2, 0) is 20.1 Å². The van der Waals surface area contributed by atoms with Gasteiger partial charge in [-0.1, -0.05) is 78.2 Å². The quantitative estimate of drug-likeness (QED) is 0.130. The molecule has 2 nitrogen and oxygen atoms in total. The van der Waals surface area contributed by atoms with Crippen LogP contribution < -0.4 is 4.40 Å². The molecule has 0 saturated carbocycles. The van der Waals surface area contributed by atoms with Crippen LogP contribution >= 0.6 is 11.3 Å². The minimum absolute atomic E-state index is 0. The van der Waals surface area contributed by atoms with E-state index >= 15 is 0 Å². The molecule has 46 heavy (non-hydrogen) atoms. The van der Waals surface area contributed by atoms with Crippen molar-refractivity contribution in [2.75, 3.05) is 0 Å². The van der Waals surface area contributed by atoms with E-state index in [1.165, 1.54) is 41.1 Å². The molecule has 0 atom stereocenters. The molecule has 1 radical (unpaired) electrons. The molecule has 0 aliphatic heterocycles. The van der Waals surface area contributed by atoms with Crippen LogP contribution in [0, 0.1) is 12.1 Å². The number of aromatic nitrogens is 2. The SMILES string of the molecule is [CH3][Ge]([CH3])([CH3])[c]1ccc(-c2[c-]cccc2)nc1.[Ir].[c-]1ccc2c(sc3cc(-c4ccccc4)ccc32)c1-c1cc2ccccc2cn1. The Hall–Kier alpha value is -3.93. The molecule has 227 valence electrons. The summed E-state index contributed by atoms with van der Waals surface area (Å²) in [5, 5.41) is 4.93. The summed E-state index contributed by atoms with van der Waals surface area (Å²) in [6, 6.07) is 50.9. The van der Waals surface area contributed by atoms with Crippen molar-refractivity contribution in [1.29, 1.82) is 0 Å². The van der Waals surface area contributed by atoms with Gasteiger partial charge < -0.3 is 4.98 Å². The van der Waals surface area contributed by atoms with E-state index in [0.717, 1.165) is 27.9 Å². The maximum Gasteiger partial charge on any atom is 0.0245 e. The van der Waals surface area contributed by atoms with Crippen molar-refractivity contribution in [2.24, 2.45) is 0 Å². The first-order chi connectivity index (χ1) is 21.9. The Bertz CT molecular complexity index is 2240. The van der Waals surface area contributed by atoms with E-state index in [9.17, 15) is 0 Å². The number of thiophene rings is 1. The largest absolute Gasteiger partial charge is 0.304 e. The van der Waals surface area contributed by atoms with Gasteiger partial charge in [-0.3, -0.25) is 0 Å². The minimum Gasteiger partial charge on any atom is -0.304 e. The second-order valence-electron chi connectivity index (χ2n) is 12.1. The van der Waals surface area contributed by atoms with Gasteiger partial charge in [0.1, 0.15) is 0 Å². The average molecular weight is 850 g/mol. The van der Waals surface area contributed by atoms with Gasteiger partial charge in [0.15, 0.2) is 0 Å². The number of fused-ring (bicyclic) bond motifs is 4. The number of benzene rings is 5. The molecule has 5 heteroatoms. The van der Waals surface area contributed by atoms with E-state index in [1.807, 2.05) is 60.1 Å². The number of hydrogen-bond acceptors (Lipinski definition) is 3. The van der Waals surface area contributed by atoms with Gasteiger partial charge in [-0.15, -0.1) is 23.8 Å². The van der Waals surface area contributed by atoms with Crippen molar-refractivity contribution in [3.63, 3.8) is 0 Å². The van der Waals surface area contributed by atoms with Crippen LogP contribution in [0.3, 0.4) is 0 Å².